The van der Waals surface area contributed by atoms with E-state index in [1.54, 1.807) is 14.2 Å². The number of rotatable bonds is 7. The summed E-state index contributed by atoms with van der Waals surface area (Å²) in [5.41, 5.74) is 2.80. The maximum atomic E-state index is 13.5. The largest absolute Gasteiger partial charge is 0.497 e. The molecule has 4 rings (SSSR count). The highest BCUT2D eigenvalue weighted by Crippen LogP contribution is 2.23. The second kappa shape index (κ2) is 9.35. The second-order valence-electron chi connectivity index (χ2n) is 7.38. The highest BCUT2D eigenvalue weighted by molar-refractivity contribution is 5.95. The molecule has 0 bridgehead atoms. The van der Waals surface area contributed by atoms with Crippen LogP contribution in [0.4, 0.5) is 0 Å². The van der Waals surface area contributed by atoms with E-state index in [9.17, 15) is 4.79 Å². The zero-order valence-corrected chi connectivity index (χ0v) is 17.7. The summed E-state index contributed by atoms with van der Waals surface area (Å²) in [4.78, 5) is 15.4. The van der Waals surface area contributed by atoms with Gasteiger partial charge in [0.1, 0.15) is 11.5 Å². The van der Waals surface area contributed by atoms with Crippen molar-refractivity contribution in [2.75, 3.05) is 14.2 Å². The number of benzene rings is 4. The van der Waals surface area contributed by atoms with E-state index in [1.807, 2.05) is 71.6 Å². The Labute approximate surface area is 182 Å². The van der Waals surface area contributed by atoms with Crippen LogP contribution < -0.4 is 9.47 Å². The summed E-state index contributed by atoms with van der Waals surface area (Å²) in [6, 6.07) is 29.6. The molecule has 0 aromatic heterocycles. The van der Waals surface area contributed by atoms with E-state index < -0.39 is 0 Å². The zero-order chi connectivity index (χ0) is 21.6. The van der Waals surface area contributed by atoms with E-state index in [2.05, 4.69) is 24.3 Å². The van der Waals surface area contributed by atoms with Crippen LogP contribution in [0.25, 0.3) is 10.8 Å². The fraction of sp³-hybridized carbons (Fsp3) is 0.148. The lowest BCUT2D eigenvalue weighted by Gasteiger charge is -2.24. The first-order valence-electron chi connectivity index (χ1n) is 10.2. The zero-order valence-electron chi connectivity index (χ0n) is 17.7. The van der Waals surface area contributed by atoms with E-state index >= 15 is 0 Å². The quantitative estimate of drug-likeness (QED) is 0.392. The number of fused-ring (bicyclic) bond motifs is 1. The van der Waals surface area contributed by atoms with Crippen molar-refractivity contribution in [3.8, 4) is 11.5 Å². The lowest BCUT2D eigenvalue weighted by molar-refractivity contribution is 0.0730. The number of ether oxygens (including phenoxy) is 2. The average molecular weight is 412 g/mol. The molecular weight excluding hydrogens is 386 g/mol. The first-order chi connectivity index (χ1) is 15.2. The fourth-order valence-corrected chi connectivity index (χ4v) is 3.70. The number of hydrogen-bond donors (Lipinski definition) is 0. The predicted molar refractivity (Wildman–Crippen MR) is 124 cm³/mol. The first-order valence-corrected chi connectivity index (χ1v) is 10.2. The topological polar surface area (TPSA) is 38.8 Å². The van der Waals surface area contributed by atoms with Crippen molar-refractivity contribution < 1.29 is 14.3 Å². The molecule has 0 spiro atoms. The Morgan fingerprint density at radius 3 is 2.00 bits per heavy atom. The van der Waals surface area contributed by atoms with Gasteiger partial charge in [-0.3, -0.25) is 4.79 Å². The Bertz CT molecular complexity index is 1160. The molecule has 4 heteroatoms. The van der Waals surface area contributed by atoms with Gasteiger partial charge in [-0.1, -0.05) is 54.6 Å². The molecule has 156 valence electrons. The molecule has 4 aromatic rings. The summed E-state index contributed by atoms with van der Waals surface area (Å²) in [7, 11) is 3.27. The summed E-state index contributed by atoms with van der Waals surface area (Å²) < 4.78 is 10.5. The van der Waals surface area contributed by atoms with Crippen LogP contribution in [0.2, 0.25) is 0 Å². The molecule has 0 N–H and O–H groups in total. The van der Waals surface area contributed by atoms with Gasteiger partial charge in [0.15, 0.2) is 0 Å². The van der Waals surface area contributed by atoms with Gasteiger partial charge in [-0.25, -0.2) is 0 Å². The van der Waals surface area contributed by atoms with Crippen LogP contribution in [-0.4, -0.2) is 25.0 Å². The van der Waals surface area contributed by atoms with Gasteiger partial charge >= 0.3 is 0 Å². The molecule has 0 fully saturated rings. The van der Waals surface area contributed by atoms with Crippen LogP contribution in [-0.2, 0) is 13.1 Å². The molecule has 0 aliphatic carbocycles. The van der Waals surface area contributed by atoms with Crippen molar-refractivity contribution in [3.05, 3.63) is 108 Å². The minimum atomic E-state index is -0.0218. The monoisotopic (exact) mass is 411 g/mol. The number of carbonyl (C=O) groups excluding carboxylic acids is 1. The smallest absolute Gasteiger partial charge is 0.254 e. The Kier molecular flexibility index (Phi) is 6.18. The molecule has 0 aliphatic rings. The summed E-state index contributed by atoms with van der Waals surface area (Å²) in [6.45, 7) is 1.01. The van der Waals surface area contributed by atoms with Gasteiger partial charge in [-0.05, 0) is 58.3 Å². The number of amides is 1. The van der Waals surface area contributed by atoms with Crippen LogP contribution in [0.3, 0.4) is 0 Å². The molecule has 0 saturated heterocycles. The van der Waals surface area contributed by atoms with Crippen molar-refractivity contribution in [2.24, 2.45) is 0 Å². The molecule has 4 aromatic carbocycles. The van der Waals surface area contributed by atoms with E-state index in [0.29, 0.717) is 18.7 Å². The van der Waals surface area contributed by atoms with Gasteiger partial charge in [0.2, 0.25) is 0 Å². The second-order valence-corrected chi connectivity index (χ2v) is 7.38. The van der Waals surface area contributed by atoms with Crippen LogP contribution in [0.5, 0.6) is 11.5 Å². The molecule has 0 unspecified atom stereocenters. The fourth-order valence-electron chi connectivity index (χ4n) is 3.70. The third-order valence-electron chi connectivity index (χ3n) is 5.40. The average Bonchev–Trinajstić information content (AvgIpc) is 2.84. The summed E-state index contributed by atoms with van der Waals surface area (Å²) in [5, 5.41) is 2.33. The number of methoxy groups -OCH3 is 2. The van der Waals surface area contributed by atoms with Crippen LogP contribution >= 0.6 is 0 Å². The molecule has 31 heavy (non-hydrogen) atoms. The third-order valence-corrected chi connectivity index (χ3v) is 5.40. The number of hydrogen-bond acceptors (Lipinski definition) is 3. The molecular formula is C27H25NO3. The van der Waals surface area contributed by atoms with Crippen LogP contribution in [0, 0.1) is 0 Å². The molecule has 0 atom stereocenters. The first kappa shape index (κ1) is 20.5. The van der Waals surface area contributed by atoms with Crippen LogP contribution in [0.15, 0.2) is 91.0 Å². The van der Waals surface area contributed by atoms with Gasteiger partial charge in [0.25, 0.3) is 5.91 Å². The maximum absolute atomic E-state index is 13.5. The minimum Gasteiger partial charge on any atom is -0.497 e. The van der Waals surface area contributed by atoms with Crippen molar-refractivity contribution in [1.29, 1.82) is 0 Å². The van der Waals surface area contributed by atoms with Gasteiger partial charge in [0, 0.05) is 18.7 Å². The Morgan fingerprint density at radius 2 is 1.32 bits per heavy atom. The van der Waals surface area contributed by atoms with E-state index in [0.717, 1.165) is 28.0 Å². The number of nitrogens with zero attached hydrogens (tertiary/aromatic N) is 1. The lowest BCUT2D eigenvalue weighted by atomic mass is 10.0. The van der Waals surface area contributed by atoms with E-state index in [4.69, 9.17) is 9.47 Å². The third kappa shape index (κ3) is 4.69. The van der Waals surface area contributed by atoms with Gasteiger partial charge in [-0.2, -0.15) is 0 Å². The molecule has 0 saturated carbocycles. The lowest BCUT2D eigenvalue weighted by Crippen LogP contribution is -2.30. The number of carbonyl (C=O) groups is 1. The Balaban J connectivity index is 1.67. The molecule has 1 amide bonds. The van der Waals surface area contributed by atoms with E-state index in [-0.39, 0.29) is 5.91 Å². The highest BCUT2D eigenvalue weighted by Gasteiger charge is 2.18. The summed E-state index contributed by atoms with van der Waals surface area (Å²) >= 11 is 0. The molecule has 0 aliphatic heterocycles. The van der Waals surface area contributed by atoms with Gasteiger partial charge in [-0.15, -0.1) is 0 Å². The van der Waals surface area contributed by atoms with Crippen molar-refractivity contribution in [1.82, 2.24) is 4.90 Å². The molecule has 0 radical (unpaired) electrons. The van der Waals surface area contributed by atoms with Gasteiger partial charge in [0.05, 0.1) is 14.2 Å². The SMILES string of the molecule is COc1ccc(CN(Cc2cccc3ccccc23)C(=O)c2ccc(OC)cc2)cc1. The molecule has 4 nitrogen and oxygen atoms in total. The summed E-state index contributed by atoms with van der Waals surface area (Å²) in [6.07, 6.45) is 0. The normalized spacial score (nSPS) is 10.6. The highest BCUT2D eigenvalue weighted by atomic mass is 16.5. The molecule has 0 heterocycles. The standard InChI is InChI=1S/C27H25NO3/c1-30-24-14-10-20(11-15-24)18-28(27(29)22-12-16-25(31-2)17-13-22)19-23-8-5-7-21-6-3-4-9-26(21)23/h3-17H,18-19H2,1-2H3. The van der Waals surface area contributed by atoms with Crippen LogP contribution in [0.1, 0.15) is 21.5 Å². The Morgan fingerprint density at radius 1 is 0.710 bits per heavy atom. The van der Waals surface area contributed by atoms with Gasteiger partial charge < -0.3 is 14.4 Å². The maximum Gasteiger partial charge on any atom is 0.254 e. The Hall–Kier alpha value is -3.79. The minimum absolute atomic E-state index is 0.0218. The summed E-state index contributed by atoms with van der Waals surface area (Å²) in [5.74, 6) is 1.50. The van der Waals surface area contributed by atoms with Crippen molar-refractivity contribution >= 4 is 16.7 Å². The van der Waals surface area contributed by atoms with E-state index in [1.165, 1.54) is 5.39 Å². The van der Waals surface area contributed by atoms with Crippen molar-refractivity contribution in [3.63, 3.8) is 0 Å². The van der Waals surface area contributed by atoms with Crippen molar-refractivity contribution in [2.45, 2.75) is 13.1 Å². The predicted octanol–water partition coefficient (Wildman–Crippen LogP) is 5.70.